The summed E-state index contributed by atoms with van der Waals surface area (Å²) >= 11 is 0. The molecular weight excluding hydrogens is 162 g/mol. The van der Waals surface area contributed by atoms with Crippen LogP contribution in [-0.4, -0.2) is 12.8 Å². The van der Waals surface area contributed by atoms with E-state index in [1.165, 1.54) is 6.42 Å². The van der Waals surface area contributed by atoms with Crippen molar-refractivity contribution in [1.29, 1.82) is 0 Å². The molecule has 0 aliphatic heterocycles. The lowest BCUT2D eigenvalue weighted by molar-refractivity contribution is 0.146. The lowest BCUT2D eigenvalue weighted by atomic mass is 10.5. The predicted octanol–water partition coefficient (Wildman–Crippen LogP) is 3.56. The van der Waals surface area contributed by atoms with Crippen molar-refractivity contribution in [1.82, 2.24) is 0 Å². The summed E-state index contributed by atoms with van der Waals surface area (Å²) in [5, 5.41) is 0. The first kappa shape index (κ1) is 14.5. The van der Waals surface area contributed by atoms with Crippen LogP contribution in [-0.2, 0) is 4.74 Å². The van der Waals surface area contributed by atoms with Crippen LogP contribution in [0.3, 0.4) is 0 Å². The van der Waals surface area contributed by atoms with Crippen LogP contribution in [0.4, 0.5) is 0 Å². The van der Waals surface area contributed by atoms with Crippen LogP contribution in [0, 0.1) is 0 Å². The van der Waals surface area contributed by atoms with Gasteiger partial charge in [0.25, 0.3) is 0 Å². The molecule has 13 heavy (non-hydrogen) atoms. The van der Waals surface area contributed by atoms with E-state index >= 15 is 0 Å². The molecule has 0 aromatic heterocycles. The molecule has 0 heterocycles. The highest BCUT2D eigenvalue weighted by atomic mass is 16.5. The van der Waals surface area contributed by atoms with Gasteiger partial charge in [-0.3, -0.25) is 0 Å². The molecule has 0 saturated carbocycles. The molecule has 0 aliphatic carbocycles. The van der Waals surface area contributed by atoms with E-state index in [1.54, 1.807) is 12.2 Å². The van der Waals surface area contributed by atoms with Crippen molar-refractivity contribution in [2.24, 2.45) is 4.99 Å². The zero-order chi connectivity index (χ0) is 10.7. The number of allylic oxidation sites excluding steroid dienone is 2. The first-order valence-corrected chi connectivity index (χ1v) is 4.58. The van der Waals surface area contributed by atoms with Crippen LogP contribution in [0.5, 0.6) is 0 Å². The van der Waals surface area contributed by atoms with Crippen LogP contribution in [0.15, 0.2) is 29.6 Å². The number of ether oxygens (including phenoxy) is 1. The molecule has 0 aliphatic rings. The van der Waals surface area contributed by atoms with Gasteiger partial charge in [-0.15, -0.1) is 0 Å². The Balaban J connectivity index is 0. The van der Waals surface area contributed by atoms with Crippen LogP contribution in [0.25, 0.3) is 0 Å². The van der Waals surface area contributed by atoms with Gasteiger partial charge in [0.2, 0.25) is 5.88 Å². The maximum absolute atomic E-state index is 5.20. The Morgan fingerprint density at radius 1 is 1.46 bits per heavy atom. The second-order valence-electron chi connectivity index (χ2n) is 2.77. The Morgan fingerprint density at radius 2 is 1.92 bits per heavy atom. The fourth-order valence-electron chi connectivity index (χ4n) is 0.472. The minimum atomic E-state index is 0.136. The van der Waals surface area contributed by atoms with E-state index < -0.39 is 0 Å². The minimum Gasteiger partial charge on any atom is -0.475 e. The van der Waals surface area contributed by atoms with Crippen molar-refractivity contribution in [2.75, 3.05) is 0 Å². The van der Waals surface area contributed by atoms with Gasteiger partial charge >= 0.3 is 0 Å². The molecule has 0 aromatic carbocycles. The highest BCUT2D eigenvalue weighted by molar-refractivity contribution is 5.28. The molecule has 0 saturated heterocycles. The summed E-state index contributed by atoms with van der Waals surface area (Å²) in [6.45, 7) is 15.0. The molecule has 0 spiro atoms. The predicted molar refractivity (Wildman–Crippen MR) is 60.0 cm³/mol. The summed E-state index contributed by atoms with van der Waals surface area (Å²) < 4.78 is 5.20. The van der Waals surface area contributed by atoms with E-state index in [4.69, 9.17) is 4.74 Å². The monoisotopic (exact) mass is 183 g/mol. The molecule has 0 fully saturated rings. The van der Waals surface area contributed by atoms with Crippen molar-refractivity contribution in [3.63, 3.8) is 0 Å². The smallest absolute Gasteiger partial charge is 0.212 e. The Hall–Kier alpha value is -1.05. The summed E-state index contributed by atoms with van der Waals surface area (Å²) in [6.07, 6.45) is 4.68. The zero-order valence-electron chi connectivity index (χ0n) is 9.21. The molecule has 2 heteroatoms. The third-order valence-corrected chi connectivity index (χ3v) is 0.773. The quantitative estimate of drug-likeness (QED) is 0.371. The molecule has 0 radical (unpaired) electrons. The van der Waals surface area contributed by atoms with Gasteiger partial charge < -0.3 is 4.74 Å². The van der Waals surface area contributed by atoms with Crippen LogP contribution in [0.1, 0.15) is 34.1 Å². The fourth-order valence-corrected chi connectivity index (χ4v) is 0.472. The average molecular weight is 183 g/mol. The Morgan fingerprint density at radius 3 is 2.15 bits per heavy atom. The van der Waals surface area contributed by atoms with Crippen LogP contribution in [0.2, 0.25) is 0 Å². The molecule has 0 bridgehead atoms. The van der Waals surface area contributed by atoms with Gasteiger partial charge in [-0.05, 0) is 26.6 Å². The maximum atomic E-state index is 5.20. The number of hydrogen-bond donors (Lipinski definition) is 0. The van der Waals surface area contributed by atoms with Gasteiger partial charge in [0.15, 0.2) is 0 Å². The SMILES string of the molecule is C=C/C=C(\N=C)OC(C)C.CCC. The van der Waals surface area contributed by atoms with Gasteiger partial charge in [0.1, 0.15) is 0 Å². The Kier molecular flexibility index (Phi) is 12.2. The molecule has 0 rings (SSSR count). The molecule has 0 amide bonds. The van der Waals surface area contributed by atoms with Crippen molar-refractivity contribution < 1.29 is 4.74 Å². The van der Waals surface area contributed by atoms with Crippen molar-refractivity contribution in [3.8, 4) is 0 Å². The van der Waals surface area contributed by atoms with E-state index in [-0.39, 0.29) is 6.10 Å². The third-order valence-electron chi connectivity index (χ3n) is 0.773. The zero-order valence-corrected chi connectivity index (χ0v) is 9.21. The Bertz CT molecular complexity index is 159. The second-order valence-corrected chi connectivity index (χ2v) is 2.77. The van der Waals surface area contributed by atoms with E-state index in [1.807, 2.05) is 13.8 Å². The molecule has 0 unspecified atom stereocenters. The number of hydrogen-bond acceptors (Lipinski definition) is 2. The summed E-state index contributed by atoms with van der Waals surface area (Å²) in [4.78, 5) is 3.64. The molecule has 76 valence electrons. The normalized spacial score (nSPS) is 10.1. The highest BCUT2D eigenvalue weighted by Gasteiger charge is 1.94. The van der Waals surface area contributed by atoms with Gasteiger partial charge in [0, 0.05) is 0 Å². The number of nitrogens with zero attached hydrogens (tertiary/aromatic N) is 1. The summed E-state index contributed by atoms with van der Waals surface area (Å²) in [6, 6.07) is 0. The first-order valence-electron chi connectivity index (χ1n) is 4.58. The largest absolute Gasteiger partial charge is 0.475 e. The molecule has 2 nitrogen and oxygen atoms in total. The summed E-state index contributed by atoms with van der Waals surface area (Å²) in [7, 11) is 0. The first-order chi connectivity index (χ1) is 6.12. The van der Waals surface area contributed by atoms with E-state index in [2.05, 4.69) is 32.1 Å². The molecule has 0 N–H and O–H groups in total. The molecule has 0 aromatic rings. The molecular formula is C11H21NO. The van der Waals surface area contributed by atoms with Crippen molar-refractivity contribution in [2.45, 2.75) is 40.2 Å². The van der Waals surface area contributed by atoms with E-state index in [0.717, 1.165) is 0 Å². The topological polar surface area (TPSA) is 21.6 Å². The lowest BCUT2D eigenvalue weighted by Crippen LogP contribution is -2.00. The Labute approximate surface area is 82.0 Å². The maximum Gasteiger partial charge on any atom is 0.212 e. The van der Waals surface area contributed by atoms with Gasteiger partial charge in [-0.1, -0.05) is 32.9 Å². The van der Waals surface area contributed by atoms with E-state index in [0.29, 0.717) is 5.88 Å². The number of aliphatic imine (C=N–C) groups is 1. The average Bonchev–Trinajstić information content (AvgIpc) is 2.04. The van der Waals surface area contributed by atoms with Crippen LogP contribution >= 0.6 is 0 Å². The third kappa shape index (κ3) is 13.9. The standard InChI is InChI=1S/C8H13NO.C3H8/c1-5-6-8(9-4)10-7(2)3;1-3-2/h5-7H,1,4H2,2-3H3;3H2,1-2H3/b8-6+;. The van der Waals surface area contributed by atoms with Gasteiger partial charge in [-0.25, -0.2) is 4.99 Å². The highest BCUT2D eigenvalue weighted by Crippen LogP contribution is 2.02. The van der Waals surface area contributed by atoms with Gasteiger partial charge in [-0.2, -0.15) is 0 Å². The van der Waals surface area contributed by atoms with Gasteiger partial charge in [0.05, 0.1) is 6.10 Å². The van der Waals surface area contributed by atoms with Crippen molar-refractivity contribution in [3.05, 3.63) is 24.6 Å². The summed E-state index contributed by atoms with van der Waals surface area (Å²) in [5.74, 6) is 0.519. The minimum absolute atomic E-state index is 0.136. The summed E-state index contributed by atoms with van der Waals surface area (Å²) in [5.41, 5.74) is 0. The van der Waals surface area contributed by atoms with Crippen molar-refractivity contribution >= 4 is 6.72 Å². The fraction of sp³-hybridized carbons (Fsp3) is 0.545. The second kappa shape index (κ2) is 11.0. The molecule has 0 atom stereocenters. The van der Waals surface area contributed by atoms with E-state index in [9.17, 15) is 0 Å². The van der Waals surface area contributed by atoms with Crippen LogP contribution < -0.4 is 0 Å². The number of rotatable bonds is 4. The lowest BCUT2D eigenvalue weighted by Gasteiger charge is -2.07.